The molecule has 0 aliphatic heterocycles. The van der Waals surface area contributed by atoms with Crippen LogP contribution in [0.1, 0.15) is 52.9 Å². The summed E-state index contributed by atoms with van der Waals surface area (Å²) in [6, 6.07) is 0. The molecule has 0 saturated heterocycles. The summed E-state index contributed by atoms with van der Waals surface area (Å²) in [5.74, 6) is 1.56. The average molecular weight is 182 g/mol. The molecule has 0 bridgehead atoms. The van der Waals surface area contributed by atoms with Crippen molar-refractivity contribution in [1.82, 2.24) is 0 Å². The molecule has 76 valence electrons. The van der Waals surface area contributed by atoms with Crippen molar-refractivity contribution in [3.8, 4) is 0 Å². The summed E-state index contributed by atoms with van der Waals surface area (Å²) in [5, 5.41) is 0. The van der Waals surface area contributed by atoms with Gasteiger partial charge in [-0.3, -0.25) is 0 Å². The highest BCUT2D eigenvalue weighted by Crippen LogP contribution is 2.45. The zero-order valence-corrected chi connectivity index (χ0v) is 9.18. The van der Waals surface area contributed by atoms with Crippen molar-refractivity contribution in [3.63, 3.8) is 0 Å². The lowest BCUT2D eigenvalue weighted by Gasteiger charge is -2.43. The highest BCUT2D eigenvalue weighted by molar-refractivity contribution is 5.49. The Kier molecular flexibility index (Phi) is 3.52. The smallest absolute Gasteiger partial charge is 0.120 e. The molecule has 1 heteroatoms. The molecular weight excluding hydrogens is 160 g/mol. The van der Waals surface area contributed by atoms with Gasteiger partial charge in [0.15, 0.2) is 0 Å². The number of rotatable bonds is 3. The van der Waals surface area contributed by atoms with Gasteiger partial charge in [-0.05, 0) is 30.1 Å². The maximum absolute atomic E-state index is 10.4. The van der Waals surface area contributed by atoms with Crippen molar-refractivity contribution in [1.29, 1.82) is 0 Å². The third kappa shape index (κ3) is 2.55. The largest absolute Gasteiger partial charge is 0.303 e. The van der Waals surface area contributed by atoms with Gasteiger partial charge in [-0.1, -0.05) is 33.6 Å². The van der Waals surface area contributed by atoms with Crippen LogP contribution in [0.25, 0.3) is 0 Å². The fourth-order valence-corrected chi connectivity index (χ4v) is 2.96. The van der Waals surface area contributed by atoms with Crippen molar-refractivity contribution in [3.05, 3.63) is 0 Å². The standard InChI is InChI=1S/C12H22O/c1-10-6-4-8-12(2,3)11(10)7-5-9-13/h9-11H,4-8H2,1-3H3/t10-,11-/m0/s1. The fraction of sp³-hybridized carbons (Fsp3) is 0.917. The molecule has 0 aromatic heterocycles. The van der Waals surface area contributed by atoms with Crippen LogP contribution < -0.4 is 0 Å². The van der Waals surface area contributed by atoms with E-state index >= 15 is 0 Å². The van der Waals surface area contributed by atoms with Crippen LogP contribution >= 0.6 is 0 Å². The van der Waals surface area contributed by atoms with Gasteiger partial charge in [-0.15, -0.1) is 0 Å². The highest BCUT2D eigenvalue weighted by Gasteiger charge is 2.35. The van der Waals surface area contributed by atoms with Crippen LogP contribution in [0.15, 0.2) is 0 Å². The summed E-state index contributed by atoms with van der Waals surface area (Å²) in [5.41, 5.74) is 0.459. The highest BCUT2D eigenvalue weighted by atomic mass is 16.1. The predicted molar refractivity (Wildman–Crippen MR) is 55.6 cm³/mol. The quantitative estimate of drug-likeness (QED) is 0.611. The van der Waals surface area contributed by atoms with Gasteiger partial charge in [0.05, 0.1) is 0 Å². The maximum Gasteiger partial charge on any atom is 0.120 e. The summed E-state index contributed by atoms with van der Waals surface area (Å²) in [6.45, 7) is 7.06. The van der Waals surface area contributed by atoms with Crippen LogP contribution in [-0.4, -0.2) is 6.29 Å². The fourth-order valence-electron chi connectivity index (χ4n) is 2.96. The third-order valence-electron chi connectivity index (χ3n) is 3.77. The zero-order chi connectivity index (χ0) is 9.90. The maximum atomic E-state index is 10.4. The number of hydrogen-bond donors (Lipinski definition) is 0. The van der Waals surface area contributed by atoms with E-state index in [2.05, 4.69) is 20.8 Å². The van der Waals surface area contributed by atoms with Gasteiger partial charge in [0.25, 0.3) is 0 Å². The van der Waals surface area contributed by atoms with Crippen molar-refractivity contribution >= 4 is 6.29 Å². The van der Waals surface area contributed by atoms with Gasteiger partial charge >= 0.3 is 0 Å². The molecule has 0 N–H and O–H groups in total. The Hall–Kier alpha value is -0.330. The second kappa shape index (κ2) is 4.26. The Morgan fingerprint density at radius 2 is 2.15 bits per heavy atom. The van der Waals surface area contributed by atoms with Crippen LogP contribution in [0.4, 0.5) is 0 Å². The Labute approximate surface area is 81.9 Å². The molecular formula is C12H22O. The Balaban J connectivity index is 2.57. The number of hydrogen-bond acceptors (Lipinski definition) is 1. The minimum Gasteiger partial charge on any atom is -0.303 e. The molecule has 0 radical (unpaired) electrons. The molecule has 2 atom stereocenters. The Morgan fingerprint density at radius 3 is 2.69 bits per heavy atom. The summed E-state index contributed by atoms with van der Waals surface area (Å²) in [6.07, 6.45) is 6.97. The first kappa shape index (κ1) is 10.7. The molecule has 1 aliphatic rings. The van der Waals surface area contributed by atoms with E-state index < -0.39 is 0 Å². The third-order valence-corrected chi connectivity index (χ3v) is 3.77. The molecule has 0 unspecified atom stereocenters. The molecule has 1 rings (SSSR count). The van der Waals surface area contributed by atoms with Crippen molar-refractivity contribution in [2.75, 3.05) is 0 Å². The lowest BCUT2D eigenvalue weighted by Crippen LogP contribution is -2.33. The molecule has 1 saturated carbocycles. The topological polar surface area (TPSA) is 17.1 Å². The zero-order valence-electron chi connectivity index (χ0n) is 9.18. The molecule has 0 aromatic rings. The second-order valence-corrected chi connectivity index (χ2v) is 5.21. The first-order chi connectivity index (χ1) is 6.08. The molecule has 1 fully saturated rings. The van der Waals surface area contributed by atoms with E-state index in [0.717, 1.165) is 31.0 Å². The predicted octanol–water partition coefficient (Wildman–Crippen LogP) is 3.43. The summed E-state index contributed by atoms with van der Waals surface area (Å²) in [4.78, 5) is 10.4. The average Bonchev–Trinajstić information content (AvgIpc) is 2.02. The van der Waals surface area contributed by atoms with Crippen molar-refractivity contribution in [2.45, 2.75) is 52.9 Å². The van der Waals surface area contributed by atoms with Gasteiger partial charge in [0.2, 0.25) is 0 Å². The van der Waals surface area contributed by atoms with Crippen LogP contribution in [0.2, 0.25) is 0 Å². The van der Waals surface area contributed by atoms with E-state index in [1.54, 1.807) is 0 Å². The molecule has 1 aliphatic carbocycles. The second-order valence-electron chi connectivity index (χ2n) is 5.21. The Bertz CT molecular complexity index is 172. The van der Waals surface area contributed by atoms with E-state index in [1.807, 2.05) is 0 Å². The lowest BCUT2D eigenvalue weighted by atomic mass is 9.63. The van der Waals surface area contributed by atoms with E-state index in [-0.39, 0.29) is 0 Å². The Morgan fingerprint density at radius 1 is 1.46 bits per heavy atom. The molecule has 13 heavy (non-hydrogen) atoms. The van der Waals surface area contributed by atoms with E-state index in [4.69, 9.17) is 0 Å². The molecule has 0 heterocycles. The van der Waals surface area contributed by atoms with Crippen LogP contribution in [0.3, 0.4) is 0 Å². The van der Waals surface area contributed by atoms with Crippen molar-refractivity contribution in [2.24, 2.45) is 17.3 Å². The van der Waals surface area contributed by atoms with Gasteiger partial charge in [0.1, 0.15) is 6.29 Å². The minimum atomic E-state index is 0.459. The van der Waals surface area contributed by atoms with Crippen molar-refractivity contribution < 1.29 is 4.79 Å². The monoisotopic (exact) mass is 182 g/mol. The summed E-state index contributed by atoms with van der Waals surface area (Å²) in [7, 11) is 0. The van der Waals surface area contributed by atoms with Crippen LogP contribution in [-0.2, 0) is 4.79 Å². The SMILES string of the molecule is C[C@H]1CCCC(C)(C)[C@H]1CCC=O. The molecule has 0 amide bonds. The summed E-state index contributed by atoms with van der Waals surface area (Å²) >= 11 is 0. The van der Waals surface area contributed by atoms with E-state index in [9.17, 15) is 4.79 Å². The van der Waals surface area contributed by atoms with Crippen LogP contribution in [0.5, 0.6) is 0 Å². The van der Waals surface area contributed by atoms with Gasteiger partial charge in [-0.25, -0.2) is 0 Å². The first-order valence-electron chi connectivity index (χ1n) is 5.51. The van der Waals surface area contributed by atoms with Gasteiger partial charge < -0.3 is 4.79 Å². The van der Waals surface area contributed by atoms with E-state index in [1.165, 1.54) is 19.3 Å². The van der Waals surface area contributed by atoms with Gasteiger partial charge in [-0.2, -0.15) is 0 Å². The first-order valence-corrected chi connectivity index (χ1v) is 5.51. The minimum absolute atomic E-state index is 0.459. The van der Waals surface area contributed by atoms with Gasteiger partial charge in [0, 0.05) is 6.42 Å². The summed E-state index contributed by atoms with van der Waals surface area (Å²) < 4.78 is 0. The number of carbonyl (C=O) groups is 1. The molecule has 1 nitrogen and oxygen atoms in total. The number of carbonyl (C=O) groups excluding carboxylic acids is 1. The normalized spacial score (nSPS) is 32.8. The lowest BCUT2D eigenvalue weighted by molar-refractivity contribution is -0.108. The number of aldehydes is 1. The molecule has 0 aromatic carbocycles. The molecule has 0 spiro atoms. The van der Waals surface area contributed by atoms with E-state index in [0.29, 0.717) is 5.41 Å². The van der Waals surface area contributed by atoms with Crippen LogP contribution in [0, 0.1) is 17.3 Å².